The molecule has 1 saturated heterocycles. The summed E-state index contributed by atoms with van der Waals surface area (Å²) < 4.78 is 33.9. The number of nitrogens with zero attached hydrogens (tertiary/aromatic N) is 1. The molecule has 1 fully saturated rings. The molecule has 3 rings (SSSR count). The van der Waals surface area contributed by atoms with E-state index >= 15 is 0 Å². The molecule has 0 atom stereocenters. The van der Waals surface area contributed by atoms with Crippen molar-refractivity contribution in [2.24, 2.45) is 0 Å². The molecule has 1 heterocycles. The summed E-state index contributed by atoms with van der Waals surface area (Å²) in [6.45, 7) is 3.97. The van der Waals surface area contributed by atoms with Gasteiger partial charge in [-0.25, -0.2) is 8.42 Å². The van der Waals surface area contributed by atoms with Crippen LogP contribution in [0.25, 0.3) is 0 Å². The average Bonchev–Trinajstić information content (AvgIpc) is 2.73. The minimum absolute atomic E-state index is 0.0767. The SMILES string of the molecule is CCc1ccccc1NS(=O)(=O)c1ccc(SC)c(C(=O)N2CCOCC2)c1. The molecule has 8 heteroatoms. The first-order chi connectivity index (χ1) is 13.5. The minimum Gasteiger partial charge on any atom is -0.378 e. The van der Waals surface area contributed by atoms with Crippen LogP contribution in [0.15, 0.2) is 52.3 Å². The summed E-state index contributed by atoms with van der Waals surface area (Å²) >= 11 is 1.42. The second-order valence-corrected chi connectivity index (χ2v) is 8.91. The Morgan fingerprint density at radius 3 is 2.57 bits per heavy atom. The third-order valence-electron chi connectivity index (χ3n) is 4.65. The number of ether oxygens (including phenoxy) is 1. The number of carbonyl (C=O) groups is 1. The summed E-state index contributed by atoms with van der Waals surface area (Å²) in [5, 5.41) is 0. The molecular weight excluding hydrogens is 396 g/mol. The number of aryl methyl sites for hydroxylation is 1. The lowest BCUT2D eigenvalue weighted by molar-refractivity contribution is 0.0300. The molecule has 1 N–H and O–H groups in total. The van der Waals surface area contributed by atoms with Gasteiger partial charge in [-0.05, 0) is 42.5 Å². The minimum atomic E-state index is -3.81. The zero-order valence-corrected chi connectivity index (χ0v) is 17.6. The van der Waals surface area contributed by atoms with Crippen molar-refractivity contribution < 1.29 is 17.9 Å². The molecule has 0 aromatic heterocycles. The van der Waals surface area contributed by atoms with E-state index in [1.165, 1.54) is 17.8 Å². The van der Waals surface area contributed by atoms with Crippen molar-refractivity contribution in [2.75, 3.05) is 37.3 Å². The number of hydrogen-bond acceptors (Lipinski definition) is 5. The number of sulfonamides is 1. The Balaban J connectivity index is 1.94. The van der Waals surface area contributed by atoms with Crippen LogP contribution >= 0.6 is 11.8 Å². The third-order valence-corrected chi connectivity index (χ3v) is 6.81. The Bertz CT molecular complexity index is 954. The lowest BCUT2D eigenvalue weighted by Gasteiger charge is -2.27. The Morgan fingerprint density at radius 2 is 1.89 bits per heavy atom. The standard InChI is InChI=1S/C20H24N2O4S2/c1-3-15-6-4-5-7-18(15)21-28(24,25)16-8-9-19(27-2)17(14-16)20(23)22-10-12-26-13-11-22/h4-9,14,21H,3,10-13H2,1-2H3. The number of amides is 1. The molecule has 1 aliphatic rings. The monoisotopic (exact) mass is 420 g/mol. The number of rotatable bonds is 6. The molecule has 1 amide bonds. The number of nitrogens with one attached hydrogen (secondary N) is 1. The molecule has 150 valence electrons. The van der Waals surface area contributed by atoms with Gasteiger partial charge in [0.2, 0.25) is 0 Å². The van der Waals surface area contributed by atoms with Crippen molar-refractivity contribution in [3.05, 3.63) is 53.6 Å². The van der Waals surface area contributed by atoms with Gasteiger partial charge in [-0.15, -0.1) is 11.8 Å². The quantitative estimate of drug-likeness (QED) is 0.726. The van der Waals surface area contributed by atoms with Gasteiger partial charge in [-0.3, -0.25) is 9.52 Å². The number of hydrogen-bond donors (Lipinski definition) is 1. The van der Waals surface area contributed by atoms with Gasteiger partial charge in [0, 0.05) is 18.0 Å². The smallest absolute Gasteiger partial charge is 0.261 e. The van der Waals surface area contributed by atoms with E-state index in [1.54, 1.807) is 29.2 Å². The molecule has 0 unspecified atom stereocenters. The molecule has 2 aromatic carbocycles. The van der Waals surface area contributed by atoms with Crippen LogP contribution in [0, 0.1) is 0 Å². The van der Waals surface area contributed by atoms with Crippen LogP contribution < -0.4 is 4.72 Å². The fourth-order valence-electron chi connectivity index (χ4n) is 3.09. The van der Waals surface area contributed by atoms with Crippen LogP contribution in [-0.4, -0.2) is 51.8 Å². The third kappa shape index (κ3) is 4.51. The maximum Gasteiger partial charge on any atom is 0.261 e. The van der Waals surface area contributed by atoms with E-state index in [1.807, 2.05) is 25.3 Å². The van der Waals surface area contributed by atoms with Crippen molar-refractivity contribution in [3.63, 3.8) is 0 Å². The Morgan fingerprint density at radius 1 is 1.18 bits per heavy atom. The number of thioether (sulfide) groups is 1. The number of para-hydroxylation sites is 1. The fourth-order valence-corrected chi connectivity index (χ4v) is 4.79. The first-order valence-electron chi connectivity index (χ1n) is 9.12. The van der Waals surface area contributed by atoms with E-state index in [9.17, 15) is 13.2 Å². The fraction of sp³-hybridized carbons (Fsp3) is 0.350. The topological polar surface area (TPSA) is 75.7 Å². The van der Waals surface area contributed by atoms with Crippen LogP contribution in [0.4, 0.5) is 5.69 Å². The molecule has 0 bridgehead atoms. The maximum absolute atomic E-state index is 13.0. The van der Waals surface area contributed by atoms with Crippen LogP contribution in [0.3, 0.4) is 0 Å². The first kappa shape index (κ1) is 20.7. The maximum atomic E-state index is 13.0. The Hall–Kier alpha value is -2.03. The molecular formula is C20H24N2O4S2. The van der Waals surface area contributed by atoms with Crippen molar-refractivity contribution in [1.29, 1.82) is 0 Å². The molecule has 0 radical (unpaired) electrons. The van der Waals surface area contributed by atoms with E-state index in [0.29, 0.717) is 44.0 Å². The molecule has 6 nitrogen and oxygen atoms in total. The lowest BCUT2D eigenvalue weighted by atomic mass is 10.1. The van der Waals surface area contributed by atoms with E-state index in [4.69, 9.17) is 4.74 Å². The van der Waals surface area contributed by atoms with Crippen LogP contribution in [0.5, 0.6) is 0 Å². The molecule has 0 aliphatic carbocycles. The van der Waals surface area contributed by atoms with Crippen molar-refractivity contribution >= 4 is 33.4 Å². The van der Waals surface area contributed by atoms with E-state index in [0.717, 1.165) is 10.5 Å². The first-order valence-corrected chi connectivity index (χ1v) is 11.8. The van der Waals surface area contributed by atoms with Gasteiger partial charge in [0.05, 0.1) is 29.4 Å². The van der Waals surface area contributed by atoms with E-state index in [-0.39, 0.29) is 10.8 Å². The molecule has 28 heavy (non-hydrogen) atoms. The lowest BCUT2D eigenvalue weighted by Crippen LogP contribution is -2.41. The number of benzene rings is 2. The van der Waals surface area contributed by atoms with Gasteiger partial charge >= 0.3 is 0 Å². The number of carbonyl (C=O) groups excluding carboxylic acids is 1. The zero-order valence-electron chi connectivity index (χ0n) is 16.0. The van der Waals surface area contributed by atoms with Gasteiger partial charge in [-0.1, -0.05) is 25.1 Å². The Labute approximate surface area is 170 Å². The molecule has 2 aromatic rings. The predicted molar refractivity (Wildman–Crippen MR) is 112 cm³/mol. The summed E-state index contributed by atoms with van der Waals surface area (Å²) in [6.07, 6.45) is 2.58. The van der Waals surface area contributed by atoms with Gasteiger partial charge in [0.15, 0.2) is 0 Å². The Kier molecular flexibility index (Phi) is 6.64. The van der Waals surface area contributed by atoms with Crippen molar-refractivity contribution in [1.82, 2.24) is 4.90 Å². The highest BCUT2D eigenvalue weighted by Gasteiger charge is 2.24. The van der Waals surface area contributed by atoms with Crippen LogP contribution in [0.2, 0.25) is 0 Å². The molecule has 1 aliphatic heterocycles. The summed E-state index contributed by atoms with van der Waals surface area (Å²) in [4.78, 5) is 15.5. The van der Waals surface area contributed by atoms with Crippen LogP contribution in [0.1, 0.15) is 22.8 Å². The normalized spacial score (nSPS) is 14.7. The zero-order chi connectivity index (χ0) is 20.1. The summed E-state index contributed by atoms with van der Waals surface area (Å²) in [7, 11) is -3.81. The summed E-state index contributed by atoms with van der Waals surface area (Å²) in [5.41, 5.74) is 1.87. The van der Waals surface area contributed by atoms with Crippen molar-refractivity contribution in [3.8, 4) is 0 Å². The van der Waals surface area contributed by atoms with E-state index < -0.39 is 10.0 Å². The van der Waals surface area contributed by atoms with E-state index in [2.05, 4.69) is 4.72 Å². The predicted octanol–water partition coefficient (Wildman–Crippen LogP) is 3.24. The van der Waals surface area contributed by atoms with Gasteiger partial charge in [0.1, 0.15) is 0 Å². The molecule has 0 saturated carbocycles. The highest BCUT2D eigenvalue weighted by atomic mass is 32.2. The number of morpholine rings is 1. The highest BCUT2D eigenvalue weighted by Crippen LogP contribution is 2.27. The summed E-state index contributed by atoms with van der Waals surface area (Å²) in [6, 6.07) is 12.0. The second kappa shape index (κ2) is 8.98. The average molecular weight is 421 g/mol. The number of anilines is 1. The van der Waals surface area contributed by atoms with Crippen molar-refractivity contribution in [2.45, 2.75) is 23.1 Å². The molecule has 0 spiro atoms. The van der Waals surface area contributed by atoms with Crippen LogP contribution in [-0.2, 0) is 21.2 Å². The van der Waals surface area contributed by atoms with Gasteiger partial charge in [-0.2, -0.15) is 0 Å². The second-order valence-electron chi connectivity index (χ2n) is 6.38. The van der Waals surface area contributed by atoms with Gasteiger partial charge < -0.3 is 9.64 Å². The van der Waals surface area contributed by atoms with Gasteiger partial charge in [0.25, 0.3) is 15.9 Å². The highest BCUT2D eigenvalue weighted by molar-refractivity contribution is 7.98. The summed E-state index contributed by atoms with van der Waals surface area (Å²) in [5.74, 6) is -0.168. The largest absolute Gasteiger partial charge is 0.378 e.